The van der Waals surface area contributed by atoms with Crippen molar-refractivity contribution in [3.05, 3.63) is 0 Å². The Morgan fingerprint density at radius 2 is 1.76 bits per heavy atom. The lowest BCUT2D eigenvalue weighted by atomic mass is 10.2. The summed E-state index contributed by atoms with van der Waals surface area (Å²) in [6.45, 7) is 13.4. The molecule has 0 radical (unpaired) electrons. The molecule has 3 nitrogen and oxygen atoms in total. The molecule has 0 aromatic carbocycles. The summed E-state index contributed by atoms with van der Waals surface area (Å²) < 4.78 is 5.87. The Morgan fingerprint density at radius 3 is 2.35 bits per heavy atom. The number of likely N-dealkylation sites (tertiary alicyclic amines) is 1. The van der Waals surface area contributed by atoms with Crippen molar-refractivity contribution in [1.29, 1.82) is 0 Å². The average Bonchev–Trinajstić information content (AvgIpc) is 2.68. The lowest BCUT2D eigenvalue weighted by molar-refractivity contribution is 0.0312. The van der Waals surface area contributed by atoms with Gasteiger partial charge in [0, 0.05) is 19.6 Å². The first-order valence-corrected chi connectivity index (χ1v) is 7.10. The van der Waals surface area contributed by atoms with Gasteiger partial charge in [-0.1, -0.05) is 13.8 Å². The topological polar surface area (TPSA) is 15.7 Å². The van der Waals surface area contributed by atoms with Gasteiger partial charge in [-0.3, -0.25) is 0 Å². The lowest BCUT2D eigenvalue weighted by Gasteiger charge is -2.24. The molecule has 0 aromatic rings. The molecule has 0 bridgehead atoms. The zero-order valence-electron chi connectivity index (χ0n) is 12.1. The van der Waals surface area contributed by atoms with Crippen molar-refractivity contribution < 1.29 is 4.74 Å². The summed E-state index contributed by atoms with van der Waals surface area (Å²) in [5.74, 6) is 0.733. The molecule has 0 saturated carbocycles. The van der Waals surface area contributed by atoms with Gasteiger partial charge in [0.15, 0.2) is 0 Å². The van der Waals surface area contributed by atoms with Crippen LogP contribution in [0.3, 0.4) is 0 Å². The Labute approximate surface area is 107 Å². The molecule has 1 atom stereocenters. The van der Waals surface area contributed by atoms with Crippen LogP contribution in [-0.4, -0.2) is 62.3 Å². The SMILES string of the molecule is CC(C)CN(C)CC(C)OCCN1CCCC1. The molecule has 1 saturated heterocycles. The Bertz CT molecular complexity index is 191. The summed E-state index contributed by atoms with van der Waals surface area (Å²) in [6, 6.07) is 0. The fourth-order valence-electron chi connectivity index (χ4n) is 2.58. The molecular weight excluding hydrogens is 212 g/mol. The van der Waals surface area contributed by atoms with Crippen LogP contribution >= 0.6 is 0 Å². The van der Waals surface area contributed by atoms with Crippen LogP contribution in [0.1, 0.15) is 33.6 Å². The fraction of sp³-hybridized carbons (Fsp3) is 1.00. The maximum absolute atomic E-state index is 5.87. The van der Waals surface area contributed by atoms with E-state index in [1.165, 1.54) is 25.9 Å². The Hall–Kier alpha value is -0.120. The van der Waals surface area contributed by atoms with Crippen LogP contribution in [0.4, 0.5) is 0 Å². The molecule has 1 unspecified atom stereocenters. The van der Waals surface area contributed by atoms with Crippen molar-refractivity contribution >= 4 is 0 Å². The van der Waals surface area contributed by atoms with E-state index < -0.39 is 0 Å². The summed E-state index contributed by atoms with van der Waals surface area (Å²) in [5, 5.41) is 0. The number of hydrogen-bond acceptors (Lipinski definition) is 3. The standard InChI is InChI=1S/C14H30N2O/c1-13(2)11-15(4)12-14(3)17-10-9-16-7-5-6-8-16/h13-14H,5-12H2,1-4H3. The highest BCUT2D eigenvalue weighted by molar-refractivity contribution is 4.66. The Kier molecular flexibility index (Phi) is 7.09. The van der Waals surface area contributed by atoms with Gasteiger partial charge < -0.3 is 14.5 Å². The van der Waals surface area contributed by atoms with E-state index in [0.29, 0.717) is 6.10 Å². The van der Waals surface area contributed by atoms with Crippen LogP contribution in [0.5, 0.6) is 0 Å². The van der Waals surface area contributed by atoms with Gasteiger partial charge in [-0.2, -0.15) is 0 Å². The minimum atomic E-state index is 0.348. The minimum absolute atomic E-state index is 0.348. The average molecular weight is 242 g/mol. The van der Waals surface area contributed by atoms with E-state index in [1.54, 1.807) is 0 Å². The molecular formula is C14H30N2O. The molecule has 102 valence electrons. The first kappa shape index (κ1) is 14.9. The quantitative estimate of drug-likeness (QED) is 0.648. The number of hydrogen-bond donors (Lipinski definition) is 0. The largest absolute Gasteiger partial charge is 0.376 e. The van der Waals surface area contributed by atoms with Gasteiger partial charge in [-0.25, -0.2) is 0 Å². The smallest absolute Gasteiger partial charge is 0.0674 e. The second-order valence-corrected chi connectivity index (χ2v) is 5.85. The van der Waals surface area contributed by atoms with E-state index in [2.05, 4.69) is 37.6 Å². The Balaban J connectivity index is 2.01. The van der Waals surface area contributed by atoms with Crippen LogP contribution in [0, 0.1) is 5.92 Å². The summed E-state index contributed by atoms with van der Waals surface area (Å²) in [7, 11) is 2.18. The van der Waals surface area contributed by atoms with Gasteiger partial charge in [0.25, 0.3) is 0 Å². The molecule has 0 N–H and O–H groups in total. The molecule has 0 aromatic heterocycles. The van der Waals surface area contributed by atoms with Crippen molar-refractivity contribution in [3.63, 3.8) is 0 Å². The summed E-state index contributed by atoms with van der Waals surface area (Å²) in [6.07, 6.45) is 3.08. The van der Waals surface area contributed by atoms with Gasteiger partial charge in [0.05, 0.1) is 12.7 Å². The number of ether oxygens (including phenoxy) is 1. The van der Waals surface area contributed by atoms with Gasteiger partial charge in [-0.05, 0) is 45.8 Å². The van der Waals surface area contributed by atoms with Crippen molar-refractivity contribution in [2.45, 2.75) is 39.7 Å². The molecule has 1 heterocycles. The third-order valence-corrected chi connectivity index (χ3v) is 3.25. The third-order valence-electron chi connectivity index (χ3n) is 3.25. The van der Waals surface area contributed by atoms with Crippen LogP contribution < -0.4 is 0 Å². The van der Waals surface area contributed by atoms with E-state index in [1.807, 2.05) is 0 Å². The van der Waals surface area contributed by atoms with E-state index in [0.717, 1.165) is 32.2 Å². The van der Waals surface area contributed by atoms with E-state index in [-0.39, 0.29) is 0 Å². The number of rotatable bonds is 8. The highest BCUT2D eigenvalue weighted by atomic mass is 16.5. The molecule has 17 heavy (non-hydrogen) atoms. The molecule has 0 spiro atoms. The maximum Gasteiger partial charge on any atom is 0.0674 e. The van der Waals surface area contributed by atoms with Crippen molar-refractivity contribution in [2.75, 3.05) is 46.4 Å². The van der Waals surface area contributed by atoms with Crippen LogP contribution in [0.15, 0.2) is 0 Å². The first-order valence-electron chi connectivity index (χ1n) is 7.10. The molecule has 0 aliphatic carbocycles. The summed E-state index contributed by atoms with van der Waals surface area (Å²) in [4.78, 5) is 4.87. The maximum atomic E-state index is 5.87. The summed E-state index contributed by atoms with van der Waals surface area (Å²) >= 11 is 0. The van der Waals surface area contributed by atoms with E-state index in [4.69, 9.17) is 4.74 Å². The fourth-order valence-corrected chi connectivity index (χ4v) is 2.58. The van der Waals surface area contributed by atoms with Crippen molar-refractivity contribution in [2.24, 2.45) is 5.92 Å². The first-order chi connectivity index (χ1) is 8.08. The van der Waals surface area contributed by atoms with Gasteiger partial charge >= 0.3 is 0 Å². The molecule has 3 heteroatoms. The molecule has 1 aliphatic heterocycles. The van der Waals surface area contributed by atoms with Crippen molar-refractivity contribution in [3.8, 4) is 0 Å². The van der Waals surface area contributed by atoms with E-state index >= 15 is 0 Å². The zero-order chi connectivity index (χ0) is 12.7. The monoisotopic (exact) mass is 242 g/mol. The summed E-state index contributed by atoms with van der Waals surface area (Å²) in [5.41, 5.74) is 0. The van der Waals surface area contributed by atoms with Crippen LogP contribution in [0.2, 0.25) is 0 Å². The van der Waals surface area contributed by atoms with Crippen LogP contribution in [-0.2, 0) is 4.74 Å². The predicted octanol–water partition coefficient (Wildman–Crippen LogP) is 2.08. The lowest BCUT2D eigenvalue weighted by Crippen LogP contribution is -2.33. The Morgan fingerprint density at radius 1 is 1.12 bits per heavy atom. The third kappa shape index (κ3) is 7.02. The number of nitrogens with zero attached hydrogens (tertiary/aromatic N) is 2. The minimum Gasteiger partial charge on any atom is -0.376 e. The predicted molar refractivity (Wildman–Crippen MR) is 73.4 cm³/mol. The molecule has 1 rings (SSSR count). The second-order valence-electron chi connectivity index (χ2n) is 5.85. The van der Waals surface area contributed by atoms with Crippen LogP contribution in [0.25, 0.3) is 0 Å². The highest BCUT2D eigenvalue weighted by Gasteiger charge is 2.12. The van der Waals surface area contributed by atoms with Gasteiger partial charge in [-0.15, -0.1) is 0 Å². The molecule has 0 amide bonds. The van der Waals surface area contributed by atoms with E-state index in [9.17, 15) is 0 Å². The van der Waals surface area contributed by atoms with Crippen molar-refractivity contribution in [1.82, 2.24) is 9.80 Å². The zero-order valence-corrected chi connectivity index (χ0v) is 12.1. The van der Waals surface area contributed by atoms with Gasteiger partial charge in [0.2, 0.25) is 0 Å². The second kappa shape index (κ2) is 8.06. The number of likely N-dealkylation sites (N-methyl/N-ethyl adjacent to an activating group) is 1. The normalized spacial score (nSPS) is 19.4. The van der Waals surface area contributed by atoms with Gasteiger partial charge in [0.1, 0.15) is 0 Å². The molecule has 1 fully saturated rings. The molecule has 1 aliphatic rings. The highest BCUT2D eigenvalue weighted by Crippen LogP contribution is 2.06.